The zero-order valence-corrected chi connectivity index (χ0v) is 14.7. The molecule has 0 atom stereocenters. The molecule has 5 heteroatoms. The van der Waals surface area contributed by atoms with Gasteiger partial charge in [0.2, 0.25) is 0 Å². The minimum atomic E-state index is -0.261. The van der Waals surface area contributed by atoms with Gasteiger partial charge in [-0.05, 0) is 52.5 Å². The maximum Gasteiger partial charge on any atom is 0.307 e. The number of benzene rings is 1. The van der Waals surface area contributed by atoms with Gasteiger partial charge in [0, 0.05) is 18.7 Å². The summed E-state index contributed by atoms with van der Waals surface area (Å²) in [4.78, 5) is 28.2. The summed E-state index contributed by atoms with van der Waals surface area (Å²) in [7, 11) is 4.01. The van der Waals surface area contributed by atoms with E-state index in [0.29, 0.717) is 25.3 Å². The monoisotopic (exact) mass is 320 g/mol. The van der Waals surface area contributed by atoms with Crippen LogP contribution in [0.1, 0.15) is 35.7 Å². The van der Waals surface area contributed by atoms with E-state index >= 15 is 0 Å². The van der Waals surface area contributed by atoms with E-state index in [2.05, 4.69) is 4.90 Å². The minimum absolute atomic E-state index is 0.0221. The highest BCUT2D eigenvalue weighted by Gasteiger charge is 2.18. The Bertz CT molecular complexity index is 515. The van der Waals surface area contributed by atoms with Crippen molar-refractivity contribution in [2.24, 2.45) is 0 Å². The van der Waals surface area contributed by atoms with Gasteiger partial charge in [-0.25, -0.2) is 0 Å². The highest BCUT2D eigenvalue weighted by atomic mass is 16.5. The van der Waals surface area contributed by atoms with Gasteiger partial charge in [-0.15, -0.1) is 0 Å². The highest BCUT2D eigenvalue weighted by Crippen LogP contribution is 2.12. The number of nitrogens with zero attached hydrogens (tertiary/aromatic N) is 2. The number of hydrogen-bond acceptors (Lipinski definition) is 4. The van der Waals surface area contributed by atoms with Crippen molar-refractivity contribution in [3.63, 3.8) is 0 Å². The average Bonchev–Trinajstić information content (AvgIpc) is 2.50. The number of aryl methyl sites for hydroxylation is 1. The van der Waals surface area contributed by atoms with Crippen molar-refractivity contribution < 1.29 is 14.3 Å². The minimum Gasteiger partial charge on any atom is -0.466 e. The first-order valence-electron chi connectivity index (χ1n) is 8.11. The Morgan fingerprint density at radius 3 is 2.39 bits per heavy atom. The normalized spacial score (nSPS) is 10.7. The zero-order valence-electron chi connectivity index (χ0n) is 14.7. The van der Waals surface area contributed by atoms with Crippen LogP contribution >= 0.6 is 0 Å². The highest BCUT2D eigenvalue weighted by molar-refractivity contribution is 5.95. The summed E-state index contributed by atoms with van der Waals surface area (Å²) in [5, 5.41) is 0. The molecule has 0 heterocycles. The van der Waals surface area contributed by atoms with E-state index in [1.54, 1.807) is 11.8 Å². The lowest BCUT2D eigenvalue weighted by molar-refractivity contribution is -0.143. The van der Waals surface area contributed by atoms with Gasteiger partial charge in [0.15, 0.2) is 0 Å². The second-order valence-corrected chi connectivity index (χ2v) is 5.82. The molecule has 1 amide bonds. The quantitative estimate of drug-likeness (QED) is 0.655. The molecule has 0 radical (unpaired) electrons. The SMILES string of the molecule is CCOC(=O)CCN(CCCN(C)C)C(=O)c1ccccc1C. The van der Waals surface area contributed by atoms with E-state index in [1.807, 2.05) is 45.3 Å². The Morgan fingerprint density at radius 2 is 1.78 bits per heavy atom. The maximum atomic E-state index is 12.8. The number of hydrogen-bond donors (Lipinski definition) is 0. The zero-order chi connectivity index (χ0) is 17.2. The van der Waals surface area contributed by atoms with Crippen LogP contribution in [0, 0.1) is 6.92 Å². The molecule has 1 aromatic carbocycles. The molecule has 0 saturated heterocycles. The Kier molecular flexibility index (Phi) is 8.33. The van der Waals surface area contributed by atoms with Crippen molar-refractivity contribution in [2.75, 3.05) is 40.3 Å². The number of rotatable bonds is 9. The number of carbonyl (C=O) groups is 2. The molecule has 0 spiro atoms. The lowest BCUT2D eigenvalue weighted by Gasteiger charge is -2.24. The molecule has 0 N–H and O–H groups in total. The molecule has 0 aliphatic carbocycles. The lowest BCUT2D eigenvalue weighted by atomic mass is 10.1. The molecule has 0 aromatic heterocycles. The third-order valence-electron chi connectivity index (χ3n) is 3.59. The van der Waals surface area contributed by atoms with Crippen LogP contribution in [0.25, 0.3) is 0 Å². The molecule has 23 heavy (non-hydrogen) atoms. The van der Waals surface area contributed by atoms with Crippen LogP contribution in [0.5, 0.6) is 0 Å². The Labute approximate surface area is 139 Å². The smallest absolute Gasteiger partial charge is 0.307 e. The Balaban J connectivity index is 2.74. The summed E-state index contributed by atoms with van der Waals surface area (Å²) in [5.74, 6) is -0.283. The van der Waals surface area contributed by atoms with E-state index in [-0.39, 0.29) is 18.3 Å². The number of carbonyl (C=O) groups excluding carboxylic acids is 2. The topological polar surface area (TPSA) is 49.9 Å². The van der Waals surface area contributed by atoms with Gasteiger partial charge < -0.3 is 14.5 Å². The van der Waals surface area contributed by atoms with Crippen molar-refractivity contribution in [3.8, 4) is 0 Å². The van der Waals surface area contributed by atoms with Crippen molar-refractivity contribution in [1.82, 2.24) is 9.80 Å². The standard InChI is InChI=1S/C18H28N2O3/c1-5-23-17(21)11-14-20(13-8-12-19(3)4)18(22)16-10-7-6-9-15(16)2/h6-7,9-10H,5,8,11-14H2,1-4H3. The number of esters is 1. The molecule has 128 valence electrons. The van der Waals surface area contributed by atoms with Crippen LogP contribution in [0.2, 0.25) is 0 Å². The molecule has 0 aliphatic rings. The van der Waals surface area contributed by atoms with Crippen LogP contribution in [-0.4, -0.2) is 62.0 Å². The average molecular weight is 320 g/mol. The van der Waals surface area contributed by atoms with Gasteiger partial charge in [-0.3, -0.25) is 9.59 Å². The molecular weight excluding hydrogens is 292 g/mol. The molecule has 0 fully saturated rings. The third kappa shape index (κ3) is 6.82. The van der Waals surface area contributed by atoms with Crippen LogP contribution in [0.15, 0.2) is 24.3 Å². The van der Waals surface area contributed by atoms with E-state index in [0.717, 1.165) is 18.5 Å². The van der Waals surface area contributed by atoms with Gasteiger partial charge >= 0.3 is 5.97 Å². The lowest BCUT2D eigenvalue weighted by Crippen LogP contribution is -2.35. The van der Waals surface area contributed by atoms with Crippen LogP contribution in [-0.2, 0) is 9.53 Å². The molecule has 0 aliphatic heterocycles. The fraction of sp³-hybridized carbons (Fsp3) is 0.556. The second-order valence-electron chi connectivity index (χ2n) is 5.82. The van der Waals surface area contributed by atoms with Crippen molar-refractivity contribution in [3.05, 3.63) is 35.4 Å². The molecule has 0 saturated carbocycles. The first-order chi connectivity index (χ1) is 11.0. The molecule has 1 rings (SSSR count). The van der Waals surface area contributed by atoms with Crippen molar-refractivity contribution >= 4 is 11.9 Å². The molecular formula is C18H28N2O3. The summed E-state index contributed by atoms with van der Waals surface area (Å²) < 4.78 is 4.96. The third-order valence-corrected chi connectivity index (χ3v) is 3.59. The van der Waals surface area contributed by atoms with E-state index in [9.17, 15) is 9.59 Å². The summed E-state index contributed by atoms with van der Waals surface area (Å²) in [5.41, 5.74) is 1.65. The van der Waals surface area contributed by atoms with Crippen LogP contribution in [0.3, 0.4) is 0 Å². The molecule has 0 bridgehead atoms. The van der Waals surface area contributed by atoms with Crippen molar-refractivity contribution in [1.29, 1.82) is 0 Å². The van der Waals surface area contributed by atoms with Crippen LogP contribution < -0.4 is 0 Å². The number of ether oxygens (including phenoxy) is 1. The predicted octanol–water partition coefficient (Wildman–Crippen LogP) is 2.34. The van der Waals surface area contributed by atoms with Crippen molar-refractivity contribution in [2.45, 2.75) is 26.7 Å². The fourth-order valence-electron chi connectivity index (χ4n) is 2.34. The maximum absolute atomic E-state index is 12.8. The van der Waals surface area contributed by atoms with Gasteiger partial charge in [0.25, 0.3) is 5.91 Å². The van der Waals surface area contributed by atoms with E-state index in [1.165, 1.54) is 0 Å². The largest absolute Gasteiger partial charge is 0.466 e. The Hall–Kier alpha value is -1.88. The first-order valence-corrected chi connectivity index (χ1v) is 8.11. The molecule has 0 unspecified atom stereocenters. The second kappa shape index (κ2) is 10.0. The summed E-state index contributed by atoms with van der Waals surface area (Å²) in [6.07, 6.45) is 1.10. The summed E-state index contributed by atoms with van der Waals surface area (Å²) in [6.45, 7) is 5.99. The van der Waals surface area contributed by atoms with Gasteiger partial charge in [0.1, 0.15) is 0 Å². The fourth-order valence-corrected chi connectivity index (χ4v) is 2.34. The summed E-state index contributed by atoms with van der Waals surface area (Å²) >= 11 is 0. The molecule has 1 aromatic rings. The van der Waals surface area contributed by atoms with Gasteiger partial charge in [-0.2, -0.15) is 0 Å². The first kappa shape index (κ1) is 19.2. The molecule has 5 nitrogen and oxygen atoms in total. The van der Waals surface area contributed by atoms with Gasteiger partial charge in [-0.1, -0.05) is 18.2 Å². The summed E-state index contributed by atoms with van der Waals surface area (Å²) in [6, 6.07) is 7.54. The van der Waals surface area contributed by atoms with E-state index in [4.69, 9.17) is 4.74 Å². The van der Waals surface area contributed by atoms with E-state index < -0.39 is 0 Å². The predicted molar refractivity (Wildman–Crippen MR) is 91.5 cm³/mol. The van der Waals surface area contributed by atoms with Crippen LogP contribution in [0.4, 0.5) is 0 Å². The Morgan fingerprint density at radius 1 is 1.09 bits per heavy atom. The number of amides is 1. The van der Waals surface area contributed by atoms with Gasteiger partial charge in [0.05, 0.1) is 13.0 Å².